The van der Waals surface area contributed by atoms with Crippen LogP contribution in [-0.2, 0) is 11.2 Å². The average Bonchev–Trinajstić information content (AvgIpc) is 3.02. The highest BCUT2D eigenvalue weighted by Crippen LogP contribution is 2.27. The number of carbonyl (C=O) groups is 1. The van der Waals surface area contributed by atoms with E-state index in [4.69, 9.17) is 21.4 Å². The van der Waals surface area contributed by atoms with Crippen molar-refractivity contribution in [2.24, 2.45) is 11.0 Å². The van der Waals surface area contributed by atoms with E-state index in [-0.39, 0.29) is 24.8 Å². The topological polar surface area (TPSA) is 62.1 Å². The van der Waals surface area contributed by atoms with Gasteiger partial charge in [-0.15, -0.1) is 0 Å². The molecule has 2 atom stereocenters. The van der Waals surface area contributed by atoms with Crippen molar-refractivity contribution in [3.05, 3.63) is 58.9 Å². The highest BCUT2D eigenvalue weighted by atomic mass is 35.5. The van der Waals surface area contributed by atoms with Crippen molar-refractivity contribution in [3.63, 3.8) is 0 Å². The SMILES string of the molecule is CC1=NN(c2ccc(Cl)cc2)C(COc2ccc(CC(C)C(=O)O)cc2F)C1. The van der Waals surface area contributed by atoms with Gasteiger partial charge in [0.25, 0.3) is 0 Å². The second-order valence-corrected chi connectivity index (χ2v) is 7.47. The van der Waals surface area contributed by atoms with Gasteiger partial charge < -0.3 is 9.84 Å². The maximum Gasteiger partial charge on any atom is 0.306 e. The van der Waals surface area contributed by atoms with Crippen molar-refractivity contribution in [3.8, 4) is 5.75 Å². The lowest BCUT2D eigenvalue weighted by atomic mass is 10.0. The number of hydrazone groups is 1. The zero-order chi connectivity index (χ0) is 20.3. The molecule has 2 aromatic rings. The molecule has 0 fully saturated rings. The van der Waals surface area contributed by atoms with Gasteiger partial charge in [0.15, 0.2) is 11.6 Å². The molecule has 1 aliphatic rings. The second kappa shape index (κ2) is 8.61. The Hall–Kier alpha value is -2.60. The van der Waals surface area contributed by atoms with Gasteiger partial charge in [0.1, 0.15) is 6.61 Å². The maximum atomic E-state index is 14.4. The Bertz CT molecular complexity index is 886. The van der Waals surface area contributed by atoms with Crippen LogP contribution in [0.2, 0.25) is 5.02 Å². The van der Waals surface area contributed by atoms with Crippen molar-refractivity contribution in [1.29, 1.82) is 0 Å². The molecule has 0 saturated carbocycles. The first-order chi connectivity index (χ1) is 13.3. The van der Waals surface area contributed by atoms with Gasteiger partial charge in [0.05, 0.1) is 17.6 Å². The van der Waals surface area contributed by atoms with Gasteiger partial charge in [-0.2, -0.15) is 5.10 Å². The van der Waals surface area contributed by atoms with Crippen LogP contribution >= 0.6 is 11.6 Å². The van der Waals surface area contributed by atoms with Crippen LogP contribution in [0.3, 0.4) is 0 Å². The predicted octanol–water partition coefficient (Wildman–Crippen LogP) is 4.78. The molecule has 2 unspecified atom stereocenters. The standard InChI is InChI=1S/C21H22ClFN2O3/c1-13(21(26)27)9-15-3-8-20(19(23)11-15)28-12-18-10-14(2)24-25(18)17-6-4-16(22)5-7-17/h3-8,11,13,18H,9-10,12H2,1-2H3,(H,26,27). The number of benzene rings is 2. The average molecular weight is 405 g/mol. The Balaban J connectivity index is 1.66. The molecule has 0 amide bonds. The third-order valence-corrected chi connectivity index (χ3v) is 4.89. The number of ether oxygens (including phenoxy) is 1. The molecule has 2 aromatic carbocycles. The molecular formula is C21H22ClFN2O3. The van der Waals surface area contributed by atoms with E-state index in [1.807, 2.05) is 24.1 Å². The first kappa shape index (κ1) is 20.1. The van der Waals surface area contributed by atoms with E-state index in [0.717, 1.165) is 17.8 Å². The molecule has 1 aliphatic heterocycles. The summed E-state index contributed by atoms with van der Waals surface area (Å²) in [5.41, 5.74) is 2.50. The largest absolute Gasteiger partial charge is 0.488 e. The summed E-state index contributed by atoms with van der Waals surface area (Å²) in [7, 11) is 0. The van der Waals surface area contributed by atoms with E-state index in [0.29, 0.717) is 10.6 Å². The van der Waals surface area contributed by atoms with Gasteiger partial charge in [-0.1, -0.05) is 24.6 Å². The lowest BCUT2D eigenvalue weighted by molar-refractivity contribution is -0.141. The normalized spacial score (nSPS) is 17.4. The van der Waals surface area contributed by atoms with Gasteiger partial charge in [-0.3, -0.25) is 9.80 Å². The molecule has 0 aromatic heterocycles. The van der Waals surface area contributed by atoms with E-state index in [9.17, 15) is 9.18 Å². The Morgan fingerprint density at radius 3 is 2.71 bits per heavy atom. The van der Waals surface area contributed by atoms with Gasteiger partial charge in [0, 0.05) is 17.2 Å². The lowest BCUT2D eigenvalue weighted by Crippen LogP contribution is -2.32. The summed E-state index contributed by atoms with van der Waals surface area (Å²) in [5.74, 6) is -1.83. The minimum Gasteiger partial charge on any atom is -0.488 e. The summed E-state index contributed by atoms with van der Waals surface area (Å²) in [6, 6.07) is 11.9. The van der Waals surface area contributed by atoms with Crippen LogP contribution in [-0.4, -0.2) is 29.4 Å². The van der Waals surface area contributed by atoms with E-state index in [2.05, 4.69) is 5.10 Å². The molecule has 5 nitrogen and oxygen atoms in total. The molecule has 0 saturated heterocycles. The Kier molecular flexibility index (Phi) is 6.19. The van der Waals surface area contributed by atoms with Crippen molar-refractivity contribution in [1.82, 2.24) is 0 Å². The summed E-state index contributed by atoms with van der Waals surface area (Å²) < 4.78 is 20.1. The molecule has 28 heavy (non-hydrogen) atoms. The number of aliphatic carboxylic acids is 1. The van der Waals surface area contributed by atoms with Gasteiger partial charge in [-0.05, 0) is 55.3 Å². The summed E-state index contributed by atoms with van der Waals surface area (Å²) in [4.78, 5) is 11.0. The van der Waals surface area contributed by atoms with E-state index < -0.39 is 17.7 Å². The number of anilines is 1. The van der Waals surface area contributed by atoms with Crippen LogP contribution < -0.4 is 9.75 Å². The number of nitrogens with zero attached hydrogens (tertiary/aromatic N) is 2. The molecule has 148 valence electrons. The van der Waals surface area contributed by atoms with Crippen LogP contribution in [0.25, 0.3) is 0 Å². The molecular weight excluding hydrogens is 383 g/mol. The Morgan fingerprint density at radius 2 is 2.07 bits per heavy atom. The van der Waals surface area contributed by atoms with Crippen molar-refractivity contribution < 1.29 is 19.0 Å². The summed E-state index contributed by atoms with van der Waals surface area (Å²) >= 11 is 5.95. The summed E-state index contributed by atoms with van der Waals surface area (Å²) in [5, 5.41) is 16.0. The molecule has 3 rings (SSSR count). The Labute approximate surface area is 168 Å². The molecule has 0 aliphatic carbocycles. The van der Waals surface area contributed by atoms with E-state index >= 15 is 0 Å². The van der Waals surface area contributed by atoms with Crippen LogP contribution in [0, 0.1) is 11.7 Å². The monoisotopic (exact) mass is 404 g/mol. The van der Waals surface area contributed by atoms with E-state index in [1.165, 1.54) is 6.07 Å². The number of carboxylic acid groups (broad SMARTS) is 1. The van der Waals surface area contributed by atoms with Gasteiger partial charge in [-0.25, -0.2) is 4.39 Å². The number of hydrogen-bond acceptors (Lipinski definition) is 4. The van der Waals surface area contributed by atoms with Crippen LogP contribution in [0.15, 0.2) is 47.6 Å². The first-order valence-corrected chi connectivity index (χ1v) is 9.44. The summed E-state index contributed by atoms with van der Waals surface area (Å²) in [6.07, 6.45) is 0.991. The highest BCUT2D eigenvalue weighted by Gasteiger charge is 2.27. The maximum absolute atomic E-state index is 14.4. The highest BCUT2D eigenvalue weighted by molar-refractivity contribution is 6.30. The van der Waals surface area contributed by atoms with Gasteiger partial charge in [0.2, 0.25) is 0 Å². The van der Waals surface area contributed by atoms with E-state index in [1.54, 1.807) is 31.2 Å². The minimum absolute atomic E-state index is 0.0488. The zero-order valence-corrected chi connectivity index (χ0v) is 16.5. The first-order valence-electron chi connectivity index (χ1n) is 9.06. The smallest absolute Gasteiger partial charge is 0.306 e. The summed E-state index contributed by atoms with van der Waals surface area (Å²) in [6.45, 7) is 3.81. The fraction of sp³-hybridized carbons (Fsp3) is 0.333. The minimum atomic E-state index is -0.903. The van der Waals surface area contributed by atoms with Crippen LogP contribution in [0.1, 0.15) is 25.8 Å². The number of carboxylic acids is 1. The van der Waals surface area contributed by atoms with Crippen LogP contribution in [0.4, 0.5) is 10.1 Å². The number of rotatable bonds is 7. The third-order valence-electron chi connectivity index (χ3n) is 4.64. The van der Waals surface area contributed by atoms with Crippen molar-refractivity contribution in [2.75, 3.05) is 11.6 Å². The predicted molar refractivity (Wildman–Crippen MR) is 108 cm³/mol. The van der Waals surface area contributed by atoms with Crippen LogP contribution in [0.5, 0.6) is 5.75 Å². The molecule has 1 heterocycles. The fourth-order valence-corrected chi connectivity index (χ4v) is 3.27. The molecule has 1 N–H and O–H groups in total. The molecule has 0 bridgehead atoms. The molecule has 0 radical (unpaired) electrons. The molecule has 7 heteroatoms. The lowest BCUT2D eigenvalue weighted by Gasteiger charge is -2.24. The Morgan fingerprint density at radius 1 is 1.36 bits per heavy atom. The third kappa shape index (κ3) is 4.81. The number of halogens is 2. The van der Waals surface area contributed by atoms with Crippen molar-refractivity contribution in [2.45, 2.75) is 32.7 Å². The van der Waals surface area contributed by atoms with Crippen molar-refractivity contribution >= 4 is 29.0 Å². The zero-order valence-electron chi connectivity index (χ0n) is 15.7. The quantitative estimate of drug-likeness (QED) is 0.721. The second-order valence-electron chi connectivity index (χ2n) is 7.03. The molecule has 0 spiro atoms. The van der Waals surface area contributed by atoms with Gasteiger partial charge >= 0.3 is 5.97 Å². The fourth-order valence-electron chi connectivity index (χ4n) is 3.14. The number of hydrogen-bond donors (Lipinski definition) is 1.